The maximum Gasteiger partial charge on any atom is 0.289 e. The number of benzene rings is 1. The molecule has 1 saturated carbocycles. The van der Waals surface area contributed by atoms with Crippen molar-refractivity contribution in [2.45, 2.75) is 51.0 Å². The van der Waals surface area contributed by atoms with Crippen LogP contribution in [0.2, 0.25) is 0 Å². The van der Waals surface area contributed by atoms with E-state index in [1.807, 2.05) is 0 Å². The van der Waals surface area contributed by atoms with Crippen molar-refractivity contribution in [1.82, 2.24) is 25.5 Å². The zero-order valence-corrected chi connectivity index (χ0v) is 19.1. The first-order valence-electron chi connectivity index (χ1n) is 11.3. The van der Waals surface area contributed by atoms with E-state index in [2.05, 4.69) is 39.3 Å². The first kappa shape index (κ1) is 22.5. The van der Waals surface area contributed by atoms with Crippen molar-refractivity contribution in [2.75, 3.05) is 6.54 Å². The molecule has 2 aromatic heterocycles. The Hall–Kier alpha value is -3.33. The maximum atomic E-state index is 14.4. The molecule has 3 atom stereocenters. The van der Waals surface area contributed by atoms with Crippen molar-refractivity contribution >= 4 is 5.91 Å². The molecule has 2 N–H and O–H groups in total. The lowest BCUT2D eigenvalue weighted by Gasteiger charge is -2.37. The zero-order chi connectivity index (χ0) is 24.3. The Morgan fingerprint density at radius 1 is 1.24 bits per heavy atom. The molecule has 2 bridgehead atoms. The minimum atomic E-state index is -0.689. The highest BCUT2D eigenvalue weighted by atomic mass is 19.1. The monoisotopic (exact) mass is 465 g/mol. The van der Waals surface area contributed by atoms with Gasteiger partial charge < -0.3 is 10.4 Å². The second kappa shape index (κ2) is 7.87. The molecule has 1 amide bonds. The molecular weight excluding hydrogens is 440 g/mol. The summed E-state index contributed by atoms with van der Waals surface area (Å²) in [7, 11) is 0. The largest absolute Gasteiger partial charge is 0.392 e. The van der Waals surface area contributed by atoms with Gasteiger partial charge in [-0.3, -0.25) is 4.79 Å². The number of nitrogens with zero attached hydrogens (tertiary/aromatic N) is 4. The van der Waals surface area contributed by atoms with Crippen LogP contribution in [0.1, 0.15) is 67.1 Å². The SMILES string of the molecule is C[C@@H](O)CNC(=O)c1nccc([C@]23CC[C@@H](c4cc(-c5c(F)cccc5F)nnc42)C3(C)C)n1. The quantitative estimate of drug-likeness (QED) is 0.598. The Morgan fingerprint density at radius 3 is 2.68 bits per heavy atom. The number of halogens is 2. The van der Waals surface area contributed by atoms with Gasteiger partial charge in [0.05, 0.1) is 34.2 Å². The summed E-state index contributed by atoms with van der Waals surface area (Å²) in [5.74, 6) is -1.74. The summed E-state index contributed by atoms with van der Waals surface area (Å²) in [6.07, 6.45) is 2.46. The number of carbonyl (C=O) groups excluding carboxylic acids is 1. The molecule has 2 heterocycles. The second-order valence-electron chi connectivity index (χ2n) is 9.67. The topological polar surface area (TPSA) is 101 Å². The molecule has 1 fully saturated rings. The van der Waals surface area contributed by atoms with Crippen molar-refractivity contribution in [2.24, 2.45) is 5.41 Å². The molecule has 0 aliphatic heterocycles. The van der Waals surface area contributed by atoms with E-state index in [1.165, 1.54) is 18.2 Å². The van der Waals surface area contributed by atoms with Crippen LogP contribution in [0.5, 0.6) is 0 Å². The van der Waals surface area contributed by atoms with Crippen LogP contribution in [-0.2, 0) is 5.41 Å². The standard InChI is InChI=1S/C25H25F2N5O2/c1-13(33)12-29-23(34)22-28-10-8-19(30-22)25-9-7-15(24(25,2)3)14-11-18(31-32-21(14)25)20-16(26)5-4-6-17(20)27/h4-6,8,10-11,13,15,33H,7,9,12H2,1-3H3,(H,29,34)/t13-,15+,25-/m1/s1. The smallest absolute Gasteiger partial charge is 0.289 e. The number of aliphatic hydroxyl groups excluding tert-OH is 1. The van der Waals surface area contributed by atoms with Gasteiger partial charge in [0.2, 0.25) is 5.82 Å². The molecule has 3 aromatic rings. The summed E-state index contributed by atoms with van der Waals surface area (Å²) in [6.45, 7) is 5.93. The Kier molecular flexibility index (Phi) is 5.20. The van der Waals surface area contributed by atoms with Crippen LogP contribution < -0.4 is 5.32 Å². The van der Waals surface area contributed by atoms with E-state index in [0.717, 1.165) is 24.1 Å². The van der Waals surface area contributed by atoms with Crippen molar-refractivity contribution in [3.63, 3.8) is 0 Å². The van der Waals surface area contributed by atoms with E-state index >= 15 is 0 Å². The Morgan fingerprint density at radius 2 is 1.97 bits per heavy atom. The fourth-order valence-electron chi connectivity index (χ4n) is 5.78. The number of aromatic nitrogens is 4. The van der Waals surface area contributed by atoms with Crippen LogP contribution >= 0.6 is 0 Å². The highest BCUT2D eigenvalue weighted by Gasteiger charge is 2.65. The minimum absolute atomic E-state index is 0.0123. The molecule has 0 spiro atoms. The van der Waals surface area contributed by atoms with Crippen molar-refractivity contribution in [3.05, 3.63) is 70.9 Å². The fraction of sp³-hybridized carbons (Fsp3) is 0.400. The Balaban J connectivity index is 1.61. The first-order chi connectivity index (χ1) is 16.2. The van der Waals surface area contributed by atoms with Crippen LogP contribution in [0.15, 0.2) is 36.5 Å². The zero-order valence-electron chi connectivity index (χ0n) is 19.1. The predicted molar refractivity (Wildman–Crippen MR) is 120 cm³/mol. The van der Waals surface area contributed by atoms with E-state index in [0.29, 0.717) is 5.69 Å². The lowest BCUT2D eigenvalue weighted by atomic mass is 9.66. The average molecular weight is 466 g/mol. The predicted octanol–water partition coefficient (Wildman–Crippen LogP) is 3.53. The second-order valence-corrected chi connectivity index (χ2v) is 9.67. The van der Waals surface area contributed by atoms with Gasteiger partial charge >= 0.3 is 0 Å². The van der Waals surface area contributed by atoms with Gasteiger partial charge in [0.1, 0.15) is 11.6 Å². The molecule has 2 aliphatic carbocycles. The number of hydrogen-bond acceptors (Lipinski definition) is 6. The summed E-state index contributed by atoms with van der Waals surface area (Å²) in [4.78, 5) is 21.3. The summed E-state index contributed by atoms with van der Waals surface area (Å²) >= 11 is 0. The van der Waals surface area contributed by atoms with Gasteiger partial charge in [-0.05, 0) is 60.9 Å². The normalized spacial score (nSPS) is 22.9. The third-order valence-electron chi connectivity index (χ3n) is 7.46. The van der Waals surface area contributed by atoms with Gasteiger partial charge in [-0.15, -0.1) is 5.10 Å². The van der Waals surface area contributed by atoms with Gasteiger partial charge in [-0.25, -0.2) is 18.7 Å². The van der Waals surface area contributed by atoms with E-state index in [9.17, 15) is 18.7 Å². The third-order valence-corrected chi connectivity index (χ3v) is 7.46. The van der Waals surface area contributed by atoms with Crippen molar-refractivity contribution < 1.29 is 18.7 Å². The van der Waals surface area contributed by atoms with Crippen LogP contribution in [0.4, 0.5) is 8.78 Å². The molecule has 1 aromatic carbocycles. The number of nitrogens with one attached hydrogen (secondary N) is 1. The van der Waals surface area contributed by atoms with E-state index in [1.54, 1.807) is 25.3 Å². The van der Waals surface area contributed by atoms with Gasteiger partial charge in [0.15, 0.2) is 0 Å². The highest BCUT2D eigenvalue weighted by molar-refractivity contribution is 5.90. The molecule has 0 radical (unpaired) electrons. The van der Waals surface area contributed by atoms with Crippen LogP contribution in [-0.4, -0.2) is 43.8 Å². The Labute approximate surface area is 195 Å². The minimum Gasteiger partial charge on any atom is -0.392 e. The van der Waals surface area contributed by atoms with Crippen LogP contribution in [0.3, 0.4) is 0 Å². The number of carbonyl (C=O) groups is 1. The molecule has 0 saturated heterocycles. The maximum absolute atomic E-state index is 14.4. The third kappa shape index (κ3) is 3.14. The summed E-state index contributed by atoms with van der Waals surface area (Å²) in [5.41, 5.74) is 1.33. The number of amides is 1. The van der Waals surface area contributed by atoms with Crippen LogP contribution in [0.25, 0.3) is 11.3 Å². The van der Waals surface area contributed by atoms with Gasteiger partial charge in [-0.1, -0.05) is 19.9 Å². The molecule has 9 heteroatoms. The van der Waals surface area contributed by atoms with Gasteiger partial charge in [-0.2, -0.15) is 5.10 Å². The molecule has 5 rings (SSSR count). The molecular formula is C25H25F2N5O2. The lowest BCUT2D eigenvalue weighted by molar-refractivity contribution is 0.0912. The first-order valence-corrected chi connectivity index (χ1v) is 11.3. The summed E-state index contributed by atoms with van der Waals surface area (Å²) in [6, 6.07) is 7.26. The van der Waals surface area contributed by atoms with E-state index < -0.39 is 29.1 Å². The molecule has 2 aliphatic rings. The van der Waals surface area contributed by atoms with Crippen LogP contribution in [0, 0.1) is 17.0 Å². The molecule has 176 valence electrons. The Bertz CT molecular complexity index is 1280. The van der Waals surface area contributed by atoms with E-state index in [-0.39, 0.29) is 35.0 Å². The van der Waals surface area contributed by atoms with Gasteiger partial charge in [0.25, 0.3) is 5.91 Å². The molecule has 0 unspecified atom stereocenters. The fourth-order valence-corrected chi connectivity index (χ4v) is 5.78. The number of aliphatic hydroxyl groups is 1. The lowest BCUT2D eigenvalue weighted by Crippen LogP contribution is -2.39. The van der Waals surface area contributed by atoms with Crippen molar-refractivity contribution in [1.29, 1.82) is 0 Å². The number of hydrogen-bond donors (Lipinski definition) is 2. The molecule has 34 heavy (non-hydrogen) atoms. The molecule has 7 nitrogen and oxygen atoms in total. The van der Waals surface area contributed by atoms with E-state index in [4.69, 9.17) is 0 Å². The summed E-state index contributed by atoms with van der Waals surface area (Å²) in [5, 5.41) is 20.8. The number of rotatable bonds is 5. The highest BCUT2D eigenvalue weighted by Crippen LogP contribution is 2.69. The summed E-state index contributed by atoms with van der Waals surface area (Å²) < 4.78 is 28.8. The van der Waals surface area contributed by atoms with Gasteiger partial charge in [0, 0.05) is 12.7 Å². The van der Waals surface area contributed by atoms with Crippen molar-refractivity contribution in [3.8, 4) is 11.3 Å². The average Bonchev–Trinajstić information content (AvgIpc) is 3.18. The number of fused-ring (bicyclic) bond motifs is 5.